The van der Waals surface area contributed by atoms with Crippen LogP contribution < -0.4 is 0 Å². The molecule has 4 aromatic rings. The van der Waals surface area contributed by atoms with Crippen LogP contribution in [0.15, 0.2) is 36.8 Å². The van der Waals surface area contributed by atoms with Crippen LogP contribution in [0.1, 0.15) is 28.9 Å². The van der Waals surface area contributed by atoms with Crippen LogP contribution in [0.25, 0.3) is 17.0 Å². The average Bonchev–Trinajstić information content (AvgIpc) is 3.30. The van der Waals surface area contributed by atoms with Gasteiger partial charge < -0.3 is 10.2 Å². The molecule has 28 heavy (non-hydrogen) atoms. The summed E-state index contributed by atoms with van der Waals surface area (Å²) in [6, 6.07) is 4.75. The molecule has 0 saturated heterocycles. The molecule has 0 aliphatic carbocycles. The van der Waals surface area contributed by atoms with Crippen LogP contribution >= 0.6 is 23.2 Å². The molecule has 0 aliphatic rings. The number of halogens is 2. The minimum Gasteiger partial charge on any atom is -0.492 e. The van der Waals surface area contributed by atoms with E-state index in [0.29, 0.717) is 21.1 Å². The van der Waals surface area contributed by atoms with Crippen molar-refractivity contribution in [3.8, 4) is 11.8 Å². The maximum atomic E-state index is 11.0. The zero-order chi connectivity index (χ0) is 20.0. The molecule has 1 aromatic carbocycles. The van der Waals surface area contributed by atoms with Gasteiger partial charge in [0.1, 0.15) is 11.0 Å². The largest absolute Gasteiger partial charge is 0.492 e. The number of hydrogen-bond donors (Lipinski definition) is 2. The summed E-state index contributed by atoms with van der Waals surface area (Å²) in [5.41, 5.74) is 1.36. The van der Waals surface area contributed by atoms with Gasteiger partial charge in [-0.05, 0) is 30.7 Å². The summed E-state index contributed by atoms with van der Waals surface area (Å²) in [5.74, 6) is -1.43. The number of aromatic carboxylic acids is 1. The number of aromatic hydroxyl groups is 1. The average molecular weight is 419 g/mol. The molecule has 1 atom stereocenters. The van der Waals surface area contributed by atoms with Gasteiger partial charge in [0.25, 0.3) is 5.95 Å². The molecule has 1 unspecified atom stereocenters. The molecule has 0 spiro atoms. The predicted octanol–water partition coefficient (Wildman–Crippen LogP) is 3.33. The number of hydrogen-bond acceptors (Lipinski definition) is 6. The van der Waals surface area contributed by atoms with E-state index in [2.05, 4.69) is 20.2 Å². The lowest BCUT2D eigenvalue weighted by Crippen LogP contribution is -2.10. The second-order valence-corrected chi connectivity index (χ2v) is 6.83. The number of carbonyl (C=O) groups is 1. The van der Waals surface area contributed by atoms with Crippen LogP contribution in [-0.2, 0) is 0 Å². The summed E-state index contributed by atoms with van der Waals surface area (Å²) >= 11 is 12.3. The number of benzene rings is 1. The van der Waals surface area contributed by atoms with Crippen LogP contribution in [0.3, 0.4) is 0 Å². The van der Waals surface area contributed by atoms with Gasteiger partial charge in [0.2, 0.25) is 5.88 Å². The molecule has 2 N–H and O–H groups in total. The Hall–Kier alpha value is -3.17. The minimum absolute atomic E-state index is 0.0190. The Balaban J connectivity index is 1.80. The summed E-state index contributed by atoms with van der Waals surface area (Å²) in [4.78, 5) is 19.3. The third-order valence-corrected chi connectivity index (χ3v) is 4.80. The van der Waals surface area contributed by atoms with E-state index in [4.69, 9.17) is 28.3 Å². The molecule has 9 nitrogen and oxygen atoms in total. The van der Waals surface area contributed by atoms with Gasteiger partial charge in [-0.1, -0.05) is 23.2 Å². The Bertz CT molecular complexity index is 1220. The summed E-state index contributed by atoms with van der Waals surface area (Å²) < 4.78 is 2.70. The first-order valence-electron chi connectivity index (χ1n) is 8.02. The third kappa shape index (κ3) is 3.04. The molecule has 11 heteroatoms. The number of nitrogens with zero attached hydrogens (tertiary/aromatic N) is 6. The van der Waals surface area contributed by atoms with Crippen LogP contribution in [0, 0.1) is 0 Å². The predicted molar refractivity (Wildman–Crippen MR) is 101 cm³/mol. The van der Waals surface area contributed by atoms with Gasteiger partial charge in [0, 0.05) is 16.2 Å². The van der Waals surface area contributed by atoms with Crippen molar-refractivity contribution < 1.29 is 15.0 Å². The topological polar surface area (TPSA) is 119 Å². The highest BCUT2D eigenvalue weighted by molar-refractivity contribution is 6.33. The van der Waals surface area contributed by atoms with Crippen molar-refractivity contribution in [3.63, 3.8) is 0 Å². The normalized spacial score (nSPS) is 12.4. The van der Waals surface area contributed by atoms with Crippen LogP contribution in [0.2, 0.25) is 10.0 Å². The highest BCUT2D eigenvalue weighted by Gasteiger charge is 2.21. The fraction of sp³-hybridized carbons (Fsp3) is 0.118. The standard InChI is InChI=1S/C17H12Cl2N6O3/c1-8(11-4-10(18)2-3-12(11)19)25-14-13(6-21-25)22-17(23-15(14)26)24-7-9(5-20-24)16(27)28/h2-8H,1H3,(H,27,28)(H,22,23,26). The van der Waals surface area contributed by atoms with Crippen molar-refractivity contribution in [2.75, 3.05) is 0 Å². The van der Waals surface area contributed by atoms with Crippen LogP contribution in [0.5, 0.6) is 5.88 Å². The number of aromatic nitrogens is 6. The maximum Gasteiger partial charge on any atom is 0.338 e. The van der Waals surface area contributed by atoms with Crippen molar-refractivity contribution in [1.29, 1.82) is 0 Å². The summed E-state index contributed by atoms with van der Waals surface area (Å²) in [5, 5.41) is 28.7. The summed E-state index contributed by atoms with van der Waals surface area (Å²) in [6.45, 7) is 1.85. The first kappa shape index (κ1) is 18.2. The Labute approximate surface area is 167 Å². The highest BCUT2D eigenvalue weighted by Crippen LogP contribution is 2.32. The van der Waals surface area contributed by atoms with Crippen molar-refractivity contribution in [1.82, 2.24) is 29.5 Å². The van der Waals surface area contributed by atoms with Gasteiger partial charge in [-0.15, -0.1) is 0 Å². The third-order valence-electron chi connectivity index (χ3n) is 4.22. The lowest BCUT2D eigenvalue weighted by atomic mass is 10.1. The van der Waals surface area contributed by atoms with Crippen LogP contribution in [0.4, 0.5) is 0 Å². The Morgan fingerprint density at radius 2 is 1.96 bits per heavy atom. The smallest absolute Gasteiger partial charge is 0.338 e. The number of carboxylic acids is 1. The molecule has 0 radical (unpaired) electrons. The lowest BCUT2D eigenvalue weighted by molar-refractivity contribution is 0.0697. The molecule has 0 saturated carbocycles. The molecule has 4 rings (SSSR count). The number of carboxylic acid groups (broad SMARTS) is 1. The lowest BCUT2D eigenvalue weighted by Gasteiger charge is -2.16. The fourth-order valence-electron chi connectivity index (χ4n) is 2.84. The van der Waals surface area contributed by atoms with Crippen molar-refractivity contribution in [2.24, 2.45) is 0 Å². The first-order chi connectivity index (χ1) is 13.3. The molecule has 142 valence electrons. The second-order valence-electron chi connectivity index (χ2n) is 5.99. The van der Waals surface area contributed by atoms with Gasteiger partial charge in [0.15, 0.2) is 0 Å². The van der Waals surface area contributed by atoms with E-state index < -0.39 is 5.97 Å². The SMILES string of the molecule is CC(c1cc(Cl)ccc1Cl)n1ncc2nc(-n3cc(C(=O)O)cn3)nc(O)c21. The molecular weight excluding hydrogens is 407 g/mol. The zero-order valence-corrected chi connectivity index (χ0v) is 15.8. The quantitative estimate of drug-likeness (QED) is 0.521. The van der Waals surface area contributed by atoms with Gasteiger partial charge in [-0.25, -0.2) is 14.5 Å². The molecule has 0 fully saturated rings. The van der Waals surface area contributed by atoms with Gasteiger partial charge in [0.05, 0.1) is 24.0 Å². The molecule has 0 aliphatic heterocycles. The monoisotopic (exact) mass is 418 g/mol. The van der Waals surface area contributed by atoms with E-state index in [9.17, 15) is 9.90 Å². The van der Waals surface area contributed by atoms with E-state index >= 15 is 0 Å². The molecule has 3 heterocycles. The highest BCUT2D eigenvalue weighted by atomic mass is 35.5. The van der Waals surface area contributed by atoms with Gasteiger partial charge in [-0.3, -0.25) is 4.68 Å². The van der Waals surface area contributed by atoms with Crippen molar-refractivity contribution in [2.45, 2.75) is 13.0 Å². The van der Waals surface area contributed by atoms with E-state index in [0.717, 1.165) is 10.2 Å². The Morgan fingerprint density at radius 1 is 1.18 bits per heavy atom. The molecule has 0 amide bonds. The Kier molecular flexibility index (Phi) is 4.40. The summed E-state index contributed by atoms with van der Waals surface area (Å²) in [6.07, 6.45) is 3.89. The molecule has 0 bridgehead atoms. The number of rotatable bonds is 4. The van der Waals surface area contributed by atoms with Crippen molar-refractivity contribution in [3.05, 3.63) is 58.0 Å². The van der Waals surface area contributed by atoms with E-state index in [-0.39, 0.29) is 23.4 Å². The van der Waals surface area contributed by atoms with Gasteiger partial charge in [-0.2, -0.15) is 15.2 Å². The van der Waals surface area contributed by atoms with Crippen molar-refractivity contribution >= 4 is 40.2 Å². The Morgan fingerprint density at radius 3 is 2.68 bits per heavy atom. The van der Waals surface area contributed by atoms with Gasteiger partial charge >= 0.3 is 5.97 Å². The zero-order valence-electron chi connectivity index (χ0n) is 14.3. The van der Waals surface area contributed by atoms with Crippen LogP contribution in [-0.4, -0.2) is 45.7 Å². The van der Waals surface area contributed by atoms with E-state index in [1.807, 2.05) is 6.92 Å². The first-order valence-corrected chi connectivity index (χ1v) is 8.78. The molecular formula is C17H12Cl2N6O3. The molecule has 3 aromatic heterocycles. The second kappa shape index (κ2) is 6.77. The van der Waals surface area contributed by atoms with E-state index in [1.54, 1.807) is 18.2 Å². The minimum atomic E-state index is -1.13. The summed E-state index contributed by atoms with van der Waals surface area (Å²) in [7, 11) is 0. The van der Waals surface area contributed by atoms with E-state index in [1.165, 1.54) is 23.3 Å². The fourth-order valence-corrected chi connectivity index (χ4v) is 3.29. The number of fused-ring (bicyclic) bond motifs is 1. The maximum absolute atomic E-state index is 11.0.